The lowest BCUT2D eigenvalue weighted by Crippen LogP contribution is -2.46. The van der Waals surface area contributed by atoms with Crippen LogP contribution in [-0.2, 0) is 0 Å². The highest BCUT2D eigenvalue weighted by Crippen LogP contribution is 2.32. The fourth-order valence-corrected chi connectivity index (χ4v) is 3.47. The third kappa shape index (κ3) is 3.08. The van der Waals surface area contributed by atoms with E-state index in [2.05, 4.69) is 17.2 Å². The topological polar surface area (TPSA) is 62.2 Å². The van der Waals surface area contributed by atoms with Gasteiger partial charge in [0.15, 0.2) is 0 Å². The fourth-order valence-electron chi connectivity index (χ4n) is 3.47. The van der Waals surface area contributed by atoms with Gasteiger partial charge in [0, 0.05) is 17.1 Å². The summed E-state index contributed by atoms with van der Waals surface area (Å²) in [4.78, 5) is 17.4. The molecule has 0 spiro atoms. The Bertz CT molecular complexity index is 735. The number of aliphatic hydroxyl groups is 1. The number of para-hydroxylation sites is 1. The maximum Gasteiger partial charge on any atom is 0.252 e. The van der Waals surface area contributed by atoms with Crippen LogP contribution in [0.5, 0.6) is 0 Å². The molecule has 0 radical (unpaired) electrons. The van der Waals surface area contributed by atoms with Crippen LogP contribution in [0.25, 0.3) is 10.9 Å². The van der Waals surface area contributed by atoms with E-state index in [9.17, 15) is 9.90 Å². The van der Waals surface area contributed by atoms with Crippen LogP contribution in [0.15, 0.2) is 24.3 Å². The monoisotopic (exact) mass is 312 g/mol. The third-order valence-electron chi connectivity index (χ3n) is 4.89. The first-order valence-corrected chi connectivity index (χ1v) is 8.35. The van der Waals surface area contributed by atoms with Gasteiger partial charge in [0.2, 0.25) is 0 Å². The van der Waals surface area contributed by atoms with E-state index in [4.69, 9.17) is 0 Å². The largest absolute Gasteiger partial charge is 0.393 e. The van der Waals surface area contributed by atoms with Crippen LogP contribution in [0.2, 0.25) is 0 Å². The number of nitrogens with zero attached hydrogens (tertiary/aromatic N) is 1. The number of rotatable bonds is 4. The van der Waals surface area contributed by atoms with E-state index in [-0.39, 0.29) is 18.1 Å². The molecule has 122 valence electrons. The standard InChI is InChI=1S/C19H24N2O2/c1-4-17(13-9-14(22)10-13)21-19(23)16-8-12(3)20-18-11(2)6-5-7-15(16)18/h5-8,13-14,17,22H,4,9-10H2,1-3H3,(H,21,23)/t13?,14?,17-/m0/s1. The number of aromatic nitrogens is 1. The zero-order chi connectivity index (χ0) is 16.6. The highest BCUT2D eigenvalue weighted by molar-refractivity contribution is 6.06. The van der Waals surface area contributed by atoms with E-state index in [1.807, 2.05) is 38.1 Å². The van der Waals surface area contributed by atoms with Crippen LogP contribution in [-0.4, -0.2) is 28.1 Å². The molecule has 1 aromatic carbocycles. The number of aryl methyl sites for hydroxylation is 2. The van der Waals surface area contributed by atoms with Crippen LogP contribution in [0.4, 0.5) is 0 Å². The van der Waals surface area contributed by atoms with E-state index >= 15 is 0 Å². The van der Waals surface area contributed by atoms with E-state index in [0.717, 1.165) is 41.4 Å². The summed E-state index contributed by atoms with van der Waals surface area (Å²) in [6.45, 7) is 6.01. The van der Waals surface area contributed by atoms with Gasteiger partial charge in [0.05, 0.1) is 17.2 Å². The highest BCUT2D eigenvalue weighted by Gasteiger charge is 2.34. The molecule has 2 N–H and O–H groups in total. The molecule has 0 bridgehead atoms. The molecule has 0 unspecified atom stereocenters. The maximum absolute atomic E-state index is 12.8. The van der Waals surface area contributed by atoms with E-state index in [1.165, 1.54) is 0 Å². The van der Waals surface area contributed by atoms with Crippen molar-refractivity contribution in [2.24, 2.45) is 5.92 Å². The molecule has 1 saturated carbocycles. The lowest BCUT2D eigenvalue weighted by molar-refractivity contribution is 0.0233. The first kappa shape index (κ1) is 15.9. The Morgan fingerprint density at radius 2 is 2.13 bits per heavy atom. The van der Waals surface area contributed by atoms with Crippen molar-refractivity contribution >= 4 is 16.8 Å². The van der Waals surface area contributed by atoms with Gasteiger partial charge in [-0.25, -0.2) is 0 Å². The second kappa shape index (κ2) is 6.28. The Morgan fingerprint density at radius 3 is 2.78 bits per heavy atom. The van der Waals surface area contributed by atoms with Gasteiger partial charge >= 0.3 is 0 Å². The van der Waals surface area contributed by atoms with Crippen molar-refractivity contribution in [3.8, 4) is 0 Å². The Morgan fingerprint density at radius 1 is 1.39 bits per heavy atom. The average Bonchev–Trinajstić information content (AvgIpc) is 2.50. The van der Waals surface area contributed by atoms with E-state index in [0.29, 0.717) is 11.5 Å². The quantitative estimate of drug-likeness (QED) is 0.912. The van der Waals surface area contributed by atoms with Crippen molar-refractivity contribution in [2.75, 3.05) is 0 Å². The second-order valence-corrected chi connectivity index (χ2v) is 6.66. The zero-order valence-electron chi connectivity index (χ0n) is 14.0. The minimum atomic E-state index is -0.197. The Kier molecular flexibility index (Phi) is 4.35. The molecule has 4 nitrogen and oxygen atoms in total. The average molecular weight is 312 g/mol. The first-order chi connectivity index (χ1) is 11.0. The summed E-state index contributed by atoms with van der Waals surface area (Å²) in [5.41, 5.74) is 3.51. The molecular formula is C19H24N2O2. The lowest BCUT2D eigenvalue weighted by atomic mass is 9.76. The molecule has 1 fully saturated rings. The highest BCUT2D eigenvalue weighted by atomic mass is 16.3. The number of aliphatic hydroxyl groups excluding tert-OH is 1. The summed E-state index contributed by atoms with van der Waals surface area (Å²) >= 11 is 0. The molecule has 1 heterocycles. The number of benzene rings is 1. The van der Waals surface area contributed by atoms with Gasteiger partial charge < -0.3 is 10.4 Å². The van der Waals surface area contributed by atoms with Crippen molar-refractivity contribution in [3.05, 3.63) is 41.1 Å². The maximum atomic E-state index is 12.8. The molecule has 1 aromatic heterocycles. The molecule has 1 amide bonds. The van der Waals surface area contributed by atoms with E-state index < -0.39 is 0 Å². The smallest absolute Gasteiger partial charge is 0.252 e. The summed E-state index contributed by atoms with van der Waals surface area (Å²) in [5, 5.41) is 13.6. The first-order valence-electron chi connectivity index (χ1n) is 8.35. The normalized spacial score (nSPS) is 21.7. The van der Waals surface area contributed by atoms with Crippen molar-refractivity contribution in [2.45, 2.75) is 52.2 Å². The molecule has 3 rings (SSSR count). The molecule has 23 heavy (non-hydrogen) atoms. The van der Waals surface area contributed by atoms with E-state index in [1.54, 1.807) is 0 Å². The Labute approximate surface area is 136 Å². The summed E-state index contributed by atoms with van der Waals surface area (Å²) in [5.74, 6) is 0.342. The predicted octanol–water partition coefficient (Wildman–Crippen LogP) is 3.13. The molecule has 4 heteroatoms. The predicted molar refractivity (Wildman–Crippen MR) is 91.5 cm³/mol. The summed E-state index contributed by atoms with van der Waals surface area (Å²) in [6, 6.07) is 7.92. The molecule has 0 saturated heterocycles. The minimum Gasteiger partial charge on any atom is -0.393 e. The molecule has 1 aliphatic carbocycles. The van der Waals surface area contributed by atoms with Gasteiger partial charge in [-0.05, 0) is 50.7 Å². The number of carbonyl (C=O) groups excluding carboxylic acids is 1. The third-order valence-corrected chi connectivity index (χ3v) is 4.89. The summed E-state index contributed by atoms with van der Waals surface area (Å²) < 4.78 is 0. The number of hydrogen-bond donors (Lipinski definition) is 2. The Hall–Kier alpha value is -1.94. The van der Waals surface area contributed by atoms with Crippen LogP contribution in [0.3, 0.4) is 0 Å². The molecule has 2 aromatic rings. The lowest BCUT2D eigenvalue weighted by Gasteiger charge is -2.37. The summed E-state index contributed by atoms with van der Waals surface area (Å²) in [6.07, 6.45) is 2.25. The number of nitrogens with one attached hydrogen (secondary N) is 1. The number of fused-ring (bicyclic) bond motifs is 1. The Balaban J connectivity index is 1.90. The van der Waals surface area contributed by atoms with Crippen LogP contribution in [0.1, 0.15) is 47.8 Å². The van der Waals surface area contributed by atoms with Crippen molar-refractivity contribution < 1.29 is 9.90 Å². The number of carbonyl (C=O) groups is 1. The summed E-state index contributed by atoms with van der Waals surface area (Å²) in [7, 11) is 0. The van der Waals surface area contributed by atoms with Crippen LogP contribution >= 0.6 is 0 Å². The molecular weight excluding hydrogens is 288 g/mol. The fraction of sp³-hybridized carbons (Fsp3) is 0.474. The van der Waals surface area contributed by atoms with Gasteiger partial charge in [0.25, 0.3) is 5.91 Å². The van der Waals surface area contributed by atoms with Gasteiger partial charge in [-0.3, -0.25) is 9.78 Å². The van der Waals surface area contributed by atoms with Crippen LogP contribution < -0.4 is 5.32 Å². The number of pyridine rings is 1. The minimum absolute atomic E-state index is 0.0423. The van der Waals surface area contributed by atoms with Crippen LogP contribution in [0, 0.1) is 19.8 Å². The van der Waals surface area contributed by atoms with Crippen molar-refractivity contribution in [3.63, 3.8) is 0 Å². The van der Waals surface area contributed by atoms with Crippen molar-refractivity contribution in [1.82, 2.24) is 10.3 Å². The number of amides is 1. The molecule has 1 aliphatic rings. The second-order valence-electron chi connectivity index (χ2n) is 6.66. The molecule has 0 aliphatic heterocycles. The van der Waals surface area contributed by atoms with Crippen molar-refractivity contribution in [1.29, 1.82) is 0 Å². The van der Waals surface area contributed by atoms with Gasteiger partial charge in [-0.1, -0.05) is 25.1 Å². The van der Waals surface area contributed by atoms with Gasteiger partial charge in [-0.15, -0.1) is 0 Å². The van der Waals surface area contributed by atoms with Gasteiger partial charge in [-0.2, -0.15) is 0 Å². The van der Waals surface area contributed by atoms with Gasteiger partial charge in [0.1, 0.15) is 0 Å². The zero-order valence-corrected chi connectivity index (χ0v) is 14.0. The SMILES string of the molecule is CC[C@H](NC(=O)c1cc(C)nc2c(C)cccc12)C1CC(O)C1. The number of hydrogen-bond acceptors (Lipinski definition) is 3. The molecule has 1 atom stereocenters.